The molecule has 0 saturated heterocycles. The van der Waals surface area contributed by atoms with Crippen molar-refractivity contribution in [3.8, 4) is 11.8 Å². The Labute approximate surface area is 97.1 Å². The minimum atomic E-state index is 0.928. The van der Waals surface area contributed by atoms with Crippen molar-refractivity contribution in [3.05, 3.63) is 52.3 Å². The molecule has 0 N–H and O–H groups in total. The van der Waals surface area contributed by atoms with Gasteiger partial charge in [0.15, 0.2) is 0 Å². The molecule has 0 bridgehead atoms. The summed E-state index contributed by atoms with van der Waals surface area (Å²) in [5.74, 6) is 6.14. The summed E-state index contributed by atoms with van der Waals surface area (Å²) in [6.45, 7) is 0. The molecular formula is C12H9BrN2. The van der Waals surface area contributed by atoms with Gasteiger partial charge in [0.25, 0.3) is 0 Å². The topological polar surface area (TPSA) is 17.8 Å². The van der Waals surface area contributed by atoms with Crippen LogP contribution >= 0.6 is 15.9 Å². The van der Waals surface area contributed by atoms with E-state index in [2.05, 4.69) is 32.9 Å². The maximum atomic E-state index is 4.05. The van der Waals surface area contributed by atoms with E-state index in [1.54, 1.807) is 10.9 Å². The molecule has 1 aromatic heterocycles. The normalized spacial score (nSPS) is 9.47. The minimum Gasteiger partial charge on any atom is -0.275 e. The molecule has 15 heavy (non-hydrogen) atoms. The molecule has 0 aliphatic rings. The quantitative estimate of drug-likeness (QED) is 0.666. The second-order valence-corrected chi connectivity index (χ2v) is 4.08. The molecule has 0 fully saturated rings. The number of nitrogens with zero attached hydrogens (tertiary/aromatic N) is 2. The van der Waals surface area contributed by atoms with Gasteiger partial charge < -0.3 is 0 Å². The van der Waals surface area contributed by atoms with Crippen molar-refractivity contribution in [3.63, 3.8) is 0 Å². The molecule has 2 aromatic rings. The fraction of sp³-hybridized carbons (Fsp3) is 0.0833. The van der Waals surface area contributed by atoms with Gasteiger partial charge in [0.05, 0.1) is 11.8 Å². The lowest BCUT2D eigenvalue weighted by Crippen LogP contribution is -1.83. The second kappa shape index (κ2) is 4.33. The highest BCUT2D eigenvalue weighted by Gasteiger charge is 1.90. The van der Waals surface area contributed by atoms with Crippen LogP contribution in [0, 0.1) is 11.8 Å². The number of hydrogen-bond donors (Lipinski definition) is 0. The Morgan fingerprint density at radius 3 is 2.73 bits per heavy atom. The van der Waals surface area contributed by atoms with Crippen molar-refractivity contribution in [2.75, 3.05) is 0 Å². The minimum absolute atomic E-state index is 0.928. The Morgan fingerprint density at radius 2 is 2.07 bits per heavy atom. The van der Waals surface area contributed by atoms with Gasteiger partial charge in [-0.25, -0.2) is 0 Å². The van der Waals surface area contributed by atoms with Crippen LogP contribution in [0.2, 0.25) is 0 Å². The molecular weight excluding hydrogens is 252 g/mol. The fourth-order valence-electron chi connectivity index (χ4n) is 1.20. The number of halogens is 1. The third-order valence-corrected chi connectivity index (χ3v) is 2.37. The molecule has 1 aromatic carbocycles. The number of hydrogen-bond acceptors (Lipinski definition) is 1. The van der Waals surface area contributed by atoms with Crippen LogP contribution in [0.3, 0.4) is 0 Å². The summed E-state index contributed by atoms with van der Waals surface area (Å²) >= 11 is 3.41. The van der Waals surface area contributed by atoms with E-state index in [9.17, 15) is 0 Å². The molecule has 0 atom stereocenters. The van der Waals surface area contributed by atoms with Gasteiger partial charge in [-0.05, 0) is 18.2 Å². The van der Waals surface area contributed by atoms with E-state index in [4.69, 9.17) is 0 Å². The van der Waals surface area contributed by atoms with Crippen molar-refractivity contribution in [1.29, 1.82) is 0 Å². The Bertz CT molecular complexity index is 532. The van der Waals surface area contributed by atoms with Crippen molar-refractivity contribution in [2.45, 2.75) is 0 Å². The highest BCUT2D eigenvalue weighted by molar-refractivity contribution is 9.10. The zero-order valence-electron chi connectivity index (χ0n) is 8.24. The van der Waals surface area contributed by atoms with Crippen molar-refractivity contribution in [1.82, 2.24) is 9.78 Å². The lowest BCUT2D eigenvalue weighted by molar-refractivity contribution is 0.767. The second-order valence-electron chi connectivity index (χ2n) is 3.16. The van der Waals surface area contributed by atoms with Gasteiger partial charge >= 0.3 is 0 Å². The van der Waals surface area contributed by atoms with Gasteiger partial charge in [-0.3, -0.25) is 4.68 Å². The van der Waals surface area contributed by atoms with Crippen molar-refractivity contribution < 1.29 is 0 Å². The lowest BCUT2D eigenvalue weighted by atomic mass is 10.2. The molecule has 1 heterocycles. The standard InChI is InChI=1S/C12H9BrN2/c1-15-9-11(8-14-15)6-5-10-3-2-4-12(13)7-10/h2-4,7-9H,1H3. The van der Waals surface area contributed by atoms with Gasteiger partial charge in [-0.2, -0.15) is 5.10 Å². The fourth-order valence-corrected chi connectivity index (χ4v) is 1.60. The van der Waals surface area contributed by atoms with E-state index in [0.717, 1.165) is 15.6 Å². The summed E-state index contributed by atoms with van der Waals surface area (Å²) in [4.78, 5) is 0. The number of benzene rings is 1. The zero-order valence-corrected chi connectivity index (χ0v) is 9.82. The van der Waals surface area contributed by atoms with Crippen LogP contribution in [0.5, 0.6) is 0 Å². The van der Waals surface area contributed by atoms with Gasteiger partial charge in [-0.15, -0.1) is 0 Å². The van der Waals surface area contributed by atoms with E-state index in [-0.39, 0.29) is 0 Å². The smallest absolute Gasteiger partial charge is 0.0646 e. The Hall–Kier alpha value is -1.53. The summed E-state index contributed by atoms with van der Waals surface area (Å²) in [5.41, 5.74) is 1.92. The molecule has 0 spiro atoms. The average molecular weight is 261 g/mol. The largest absolute Gasteiger partial charge is 0.275 e. The predicted molar refractivity (Wildman–Crippen MR) is 63.3 cm³/mol. The molecule has 74 valence electrons. The molecule has 0 aliphatic heterocycles. The number of aryl methyl sites for hydroxylation is 1. The maximum absolute atomic E-state index is 4.05. The van der Waals surface area contributed by atoms with E-state index in [0.29, 0.717) is 0 Å². The first kappa shape index (κ1) is 10.0. The SMILES string of the molecule is Cn1cc(C#Cc2cccc(Br)c2)cn1. The molecule has 0 saturated carbocycles. The van der Waals surface area contributed by atoms with Gasteiger partial charge in [0.1, 0.15) is 0 Å². The summed E-state index contributed by atoms with van der Waals surface area (Å²) in [6.07, 6.45) is 3.65. The van der Waals surface area contributed by atoms with Crippen LogP contribution in [-0.2, 0) is 7.05 Å². The number of aromatic nitrogens is 2. The monoisotopic (exact) mass is 260 g/mol. The van der Waals surface area contributed by atoms with E-state index >= 15 is 0 Å². The zero-order chi connectivity index (χ0) is 10.7. The number of rotatable bonds is 0. The van der Waals surface area contributed by atoms with Gasteiger partial charge in [0.2, 0.25) is 0 Å². The molecule has 2 nitrogen and oxygen atoms in total. The van der Waals surface area contributed by atoms with Crippen molar-refractivity contribution >= 4 is 15.9 Å². The van der Waals surface area contributed by atoms with Crippen molar-refractivity contribution in [2.24, 2.45) is 7.05 Å². The maximum Gasteiger partial charge on any atom is 0.0646 e. The molecule has 0 aliphatic carbocycles. The lowest BCUT2D eigenvalue weighted by Gasteiger charge is -1.90. The van der Waals surface area contributed by atoms with E-state index in [1.807, 2.05) is 37.5 Å². The molecule has 0 amide bonds. The Kier molecular flexibility index (Phi) is 2.89. The van der Waals surface area contributed by atoms with Crippen LogP contribution < -0.4 is 0 Å². The molecule has 0 unspecified atom stereocenters. The first-order valence-electron chi connectivity index (χ1n) is 4.50. The first-order valence-corrected chi connectivity index (χ1v) is 5.29. The molecule has 3 heteroatoms. The van der Waals surface area contributed by atoms with Crippen LogP contribution in [0.4, 0.5) is 0 Å². The first-order chi connectivity index (χ1) is 7.24. The Morgan fingerprint density at radius 1 is 1.27 bits per heavy atom. The summed E-state index contributed by atoms with van der Waals surface area (Å²) in [6, 6.07) is 7.92. The van der Waals surface area contributed by atoms with Crippen LogP contribution in [0.1, 0.15) is 11.1 Å². The third kappa shape index (κ3) is 2.71. The van der Waals surface area contributed by atoms with Crippen LogP contribution in [-0.4, -0.2) is 9.78 Å². The van der Waals surface area contributed by atoms with Gasteiger partial charge in [0, 0.05) is 23.3 Å². The predicted octanol–water partition coefficient (Wildman–Crippen LogP) is 2.58. The van der Waals surface area contributed by atoms with Crippen LogP contribution in [0.25, 0.3) is 0 Å². The highest BCUT2D eigenvalue weighted by atomic mass is 79.9. The summed E-state index contributed by atoms with van der Waals surface area (Å²) < 4.78 is 2.78. The molecule has 2 rings (SSSR count). The average Bonchev–Trinajstić information content (AvgIpc) is 2.62. The third-order valence-electron chi connectivity index (χ3n) is 1.88. The Balaban J connectivity index is 2.25. The van der Waals surface area contributed by atoms with Gasteiger partial charge in [-0.1, -0.05) is 33.8 Å². The van der Waals surface area contributed by atoms with Crippen LogP contribution in [0.15, 0.2) is 41.1 Å². The summed E-state index contributed by atoms with van der Waals surface area (Å²) in [5, 5.41) is 4.05. The molecule has 0 radical (unpaired) electrons. The van der Waals surface area contributed by atoms with E-state index in [1.165, 1.54) is 0 Å². The highest BCUT2D eigenvalue weighted by Crippen LogP contribution is 2.10. The van der Waals surface area contributed by atoms with E-state index < -0.39 is 0 Å². The summed E-state index contributed by atoms with van der Waals surface area (Å²) in [7, 11) is 1.88.